The lowest BCUT2D eigenvalue weighted by Crippen LogP contribution is -2.49. The Morgan fingerprint density at radius 1 is 0.570 bits per heavy atom. The number of aliphatic hydroxyl groups is 1. The molecule has 4 aliphatic heterocycles. The number of nitrogens with zero attached hydrogens (tertiary/aromatic N) is 3. The molecule has 8 rings (SSSR count). The van der Waals surface area contributed by atoms with E-state index in [1.54, 1.807) is 50.4 Å². The van der Waals surface area contributed by atoms with Gasteiger partial charge in [0.1, 0.15) is 19.9 Å². The molecule has 0 bridgehead atoms. The van der Waals surface area contributed by atoms with E-state index in [-0.39, 0.29) is 139 Å². The highest BCUT2D eigenvalue weighted by atomic mass is 16.6. The maximum absolute atomic E-state index is 14.0. The zero-order valence-electron chi connectivity index (χ0n) is 70.6. The van der Waals surface area contributed by atoms with E-state index < -0.39 is 70.7 Å². The molecule has 6 amide bonds. The predicted molar refractivity (Wildman–Crippen MR) is 438 cm³/mol. The molecular formula is C87H123N7O27. The molecule has 5 aliphatic rings. The van der Waals surface area contributed by atoms with E-state index in [1.807, 2.05) is 17.9 Å². The number of benzene rings is 2. The summed E-state index contributed by atoms with van der Waals surface area (Å²) < 4.78 is 81.6. The Morgan fingerprint density at radius 2 is 1.10 bits per heavy atom. The van der Waals surface area contributed by atoms with Crippen molar-refractivity contribution in [3.63, 3.8) is 0 Å². The van der Waals surface area contributed by atoms with Gasteiger partial charge in [0.2, 0.25) is 23.6 Å². The molecular weight excluding hydrogens is 1570 g/mol. The Kier molecular flexibility index (Phi) is 44.4. The molecule has 0 saturated carbocycles. The lowest BCUT2D eigenvalue weighted by atomic mass is 9.76. The Morgan fingerprint density at radius 3 is 1.66 bits per heavy atom. The van der Waals surface area contributed by atoms with Crippen molar-refractivity contribution in [1.29, 1.82) is 0 Å². The number of ketones is 3. The van der Waals surface area contributed by atoms with Crippen LogP contribution in [0, 0.1) is 13.8 Å². The second-order valence-electron chi connectivity index (χ2n) is 29.7. The van der Waals surface area contributed by atoms with Crippen molar-refractivity contribution in [1.82, 2.24) is 36.1 Å². The maximum atomic E-state index is 14.0. The number of methoxy groups -OCH3 is 1. The summed E-state index contributed by atoms with van der Waals surface area (Å²) >= 11 is 0. The summed E-state index contributed by atoms with van der Waals surface area (Å²) in [7, 11) is 1.63. The molecule has 34 heteroatoms. The van der Waals surface area contributed by atoms with Gasteiger partial charge in [-0.3, -0.25) is 48.1 Å². The van der Waals surface area contributed by atoms with Crippen LogP contribution in [0.2, 0.25) is 0 Å². The summed E-state index contributed by atoms with van der Waals surface area (Å²) in [5, 5.41) is 23.5. The highest BCUT2D eigenvalue weighted by Gasteiger charge is 2.51. The number of rotatable bonds is 68. The molecule has 0 saturated heterocycles. The van der Waals surface area contributed by atoms with Gasteiger partial charge in [-0.15, -0.1) is 0 Å². The number of aromatic nitrogens is 1. The van der Waals surface area contributed by atoms with Crippen LogP contribution < -0.4 is 21.3 Å². The summed E-state index contributed by atoms with van der Waals surface area (Å²) in [6.07, 6.45) is 7.05. The highest BCUT2D eigenvalue weighted by molar-refractivity contribution is 6.13. The van der Waals surface area contributed by atoms with Crippen molar-refractivity contribution in [2.45, 2.75) is 154 Å². The van der Waals surface area contributed by atoms with Crippen molar-refractivity contribution in [2.75, 3.05) is 205 Å². The van der Waals surface area contributed by atoms with Crippen LogP contribution in [0.3, 0.4) is 0 Å². The number of hydrogen-bond donors (Lipinski definition) is 5. The number of imide groups is 1. The first-order valence-electron chi connectivity index (χ1n) is 42.2. The fourth-order valence-electron chi connectivity index (χ4n) is 14.4. The summed E-state index contributed by atoms with van der Waals surface area (Å²) in [6, 6.07) is 8.95. The lowest BCUT2D eigenvalue weighted by Gasteiger charge is -2.36. The van der Waals surface area contributed by atoms with Crippen LogP contribution in [0.5, 0.6) is 0 Å². The number of carbonyl (C=O) groups excluding carboxylic acids is 11. The molecule has 34 nitrogen and oxygen atoms in total. The third-order valence-electron chi connectivity index (χ3n) is 21.1. The van der Waals surface area contributed by atoms with Gasteiger partial charge in [0.15, 0.2) is 23.0 Å². The number of aryl methyl sites for hydroxylation is 2. The van der Waals surface area contributed by atoms with Gasteiger partial charge in [-0.1, -0.05) is 43.7 Å². The van der Waals surface area contributed by atoms with Gasteiger partial charge in [0, 0.05) is 93.9 Å². The monoisotopic (exact) mass is 1700 g/mol. The summed E-state index contributed by atoms with van der Waals surface area (Å²) in [5.74, 6) is -5.79. The molecule has 668 valence electrons. The average molecular weight is 1700 g/mol. The number of carbonyl (C=O) groups is 11. The van der Waals surface area contributed by atoms with Crippen LogP contribution in [0.4, 0.5) is 0 Å². The van der Waals surface area contributed by atoms with E-state index >= 15 is 0 Å². The average Bonchev–Trinajstić information content (AvgIpc) is 1.59. The molecule has 5 heterocycles. The van der Waals surface area contributed by atoms with E-state index in [1.165, 1.54) is 12.2 Å². The van der Waals surface area contributed by atoms with Crippen LogP contribution in [0.1, 0.15) is 142 Å². The Balaban J connectivity index is 0.666. The van der Waals surface area contributed by atoms with Crippen molar-refractivity contribution in [3.05, 3.63) is 105 Å². The lowest BCUT2D eigenvalue weighted by molar-refractivity contribution is -0.172. The third-order valence-corrected chi connectivity index (χ3v) is 21.1. The molecule has 0 unspecified atom stereocenters. The van der Waals surface area contributed by atoms with E-state index in [0.29, 0.717) is 208 Å². The molecule has 1 aliphatic carbocycles. The fourth-order valence-corrected chi connectivity index (χ4v) is 14.4. The number of unbranched alkanes of at least 4 members (excludes halogenated alkanes) is 3. The number of pyridine rings is 1. The minimum absolute atomic E-state index is 0.00317. The minimum atomic E-state index is -2.00. The van der Waals surface area contributed by atoms with Gasteiger partial charge in [0.25, 0.3) is 11.8 Å². The predicted octanol–water partition coefficient (Wildman–Crippen LogP) is 4.15. The molecule has 4 atom stereocenters. The molecule has 0 fully saturated rings. The topological polar surface area (TPSA) is 414 Å². The highest BCUT2D eigenvalue weighted by Crippen LogP contribution is 2.49. The number of amides is 6. The van der Waals surface area contributed by atoms with Crippen LogP contribution in [0.25, 0.3) is 16.6 Å². The molecule has 5 N–H and O–H groups in total. The van der Waals surface area contributed by atoms with E-state index in [9.17, 15) is 57.8 Å². The molecule has 121 heavy (non-hydrogen) atoms. The van der Waals surface area contributed by atoms with E-state index in [4.69, 9.17) is 76.0 Å². The summed E-state index contributed by atoms with van der Waals surface area (Å²) in [6.45, 7) is 16.2. The number of Topliss-reactive ketones (excluding diaryl/α,β-unsaturated/α-hetero) is 3. The van der Waals surface area contributed by atoms with Gasteiger partial charge >= 0.3 is 11.9 Å². The summed E-state index contributed by atoms with van der Waals surface area (Å²) in [4.78, 5) is 153. The first-order valence-corrected chi connectivity index (χ1v) is 42.2. The van der Waals surface area contributed by atoms with Gasteiger partial charge in [0.05, 0.1) is 200 Å². The first kappa shape index (κ1) is 97.9. The Labute approximate surface area is 707 Å². The van der Waals surface area contributed by atoms with Crippen molar-refractivity contribution in [3.8, 4) is 0 Å². The van der Waals surface area contributed by atoms with Crippen molar-refractivity contribution < 1.29 is 129 Å². The fraction of sp³-hybridized carbons (Fsp3) is 0.632. The number of esters is 2. The van der Waals surface area contributed by atoms with Crippen LogP contribution >= 0.6 is 0 Å². The normalized spacial score (nSPS) is 16.4. The van der Waals surface area contributed by atoms with Crippen LogP contribution in [-0.4, -0.2) is 308 Å². The van der Waals surface area contributed by atoms with E-state index in [2.05, 4.69) is 28.2 Å². The van der Waals surface area contributed by atoms with Crippen molar-refractivity contribution >= 4 is 81.3 Å². The van der Waals surface area contributed by atoms with Gasteiger partial charge in [-0.2, -0.15) is 0 Å². The smallest absolute Gasteiger partial charge is 0.350 e. The van der Waals surface area contributed by atoms with E-state index in [0.717, 1.165) is 49.2 Å². The number of cyclic esters (lactones) is 2. The molecule has 3 aromatic rings. The second kappa shape index (κ2) is 54.8. The number of hydrogen-bond acceptors (Lipinski definition) is 29. The molecule has 0 spiro atoms. The summed E-state index contributed by atoms with van der Waals surface area (Å²) in [5.41, 5.74) is 6.49. The van der Waals surface area contributed by atoms with Crippen LogP contribution in [-0.2, 0) is 143 Å². The Bertz CT molecular complexity index is 3950. The number of fused-ring (bicyclic) bond motifs is 4. The molecule has 1 aromatic heterocycles. The number of ether oxygens (including phenoxy) is 15. The van der Waals surface area contributed by atoms with Crippen LogP contribution in [0.15, 0.2) is 65.8 Å². The zero-order chi connectivity index (χ0) is 86.4. The van der Waals surface area contributed by atoms with Gasteiger partial charge < -0.3 is 102 Å². The Hall–Kier alpha value is -8.56. The molecule has 2 aromatic carbocycles. The van der Waals surface area contributed by atoms with Gasteiger partial charge in [-0.25, -0.2) is 14.6 Å². The van der Waals surface area contributed by atoms with Gasteiger partial charge in [-0.05, 0) is 118 Å². The second-order valence-corrected chi connectivity index (χ2v) is 29.7. The third kappa shape index (κ3) is 33.2. The number of nitrogens with one attached hydrogen (secondary N) is 4. The SMILES string of the molecule is CC[C@@]1(O)C(=O)OC(=O)C2=C1C=C1c3nc4cc(C)c(C)c5c4c(c3CN1C2)[C@@H](CC(=O)COCNC(=O)CCC(=O)[C@H](Cc1ccccc1)NC(=O)CCC(=O)[C@H](CCCCNC(=O)COCCOCCOCCOCCOCCOCCOCCOCCOCCOCCOCCOCCOC)NC(=O)CCCCCN1C(=O)C=CC1=O)CC5. The maximum Gasteiger partial charge on any atom is 0.350 e. The van der Waals surface area contributed by atoms with Crippen molar-refractivity contribution in [2.24, 2.45) is 0 Å². The standard InChI is InChI=1S/C87H123N7O27/c1-5-87(106)69-55-73-84-68(57-93(73)56-67(69)85(104)121-86(87)105)82-64(18-19-66-62(3)61(2)52-72(92-84)83(66)82)54-65(95)58-120-60-89-76(98)22-20-75(97)71(53-63-14-8-6-9-15-63)91-78(100)23-21-74(96)70(90-77(99)17-10-7-13-27-94-80(102)24-25-81(94)103)16-11-12-26-88-79(101)59-119-51-50-118-49-48-117-47-46-116-45-44-115-43-42-114-41-40-113-39-38-112-37-36-111-35-34-110-33-32-109-31-30-108-29-28-107-4/h6,8-9,14-15,24-25,52,55,64,70-71,106H,5,7,10-13,16-23,26-51,53-54,56-60H2,1-4H3,(H,88,101)(H,89,98)(H,90,99)(H,91,100)/t64-,70+,71+,87+/m1/s1. The first-order chi connectivity index (χ1) is 58.8. The minimum Gasteiger partial charge on any atom is -0.387 e. The zero-order valence-corrected chi connectivity index (χ0v) is 70.6. The quantitative estimate of drug-likeness (QED) is 0.0174. The largest absolute Gasteiger partial charge is 0.387 e. The molecule has 0 radical (unpaired) electrons.